The molecule has 0 fully saturated rings. The summed E-state index contributed by atoms with van der Waals surface area (Å²) >= 11 is 10.8. The van der Waals surface area contributed by atoms with Crippen LogP contribution in [0.4, 0.5) is 13.2 Å². The van der Waals surface area contributed by atoms with E-state index in [0.717, 1.165) is 24.3 Å². The van der Waals surface area contributed by atoms with Crippen LogP contribution in [0.5, 0.6) is 0 Å². The molecule has 0 aliphatic carbocycles. The van der Waals surface area contributed by atoms with Crippen molar-refractivity contribution in [2.75, 3.05) is 0 Å². The van der Waals surface area contributed by atoms with E-state index in [0.29, 0.717) is 10.6 Å². The number of carbonyl (C=O) groups excluding carboxylic acids is 1. The first-order valence-electron chi connectivity index (χ1n) is 6.06. The lowest BCUT2D eigenvalue weighted by atomic mass is 10.1. The minimum Gasteiger partial charge on any atom is -0.312 e. The molecule has 0 atom stereocenters. The van der Waals surface area contributed by atoms with Gasteiger partial charge in [0.15, 0.2) is 0 Å². The highest BCUT2D eigenvalue weighted by Crippen LogP contribution is 2.29. The van der Waals surface area contributed by atoms with Crippen LogP contribution >= 0.6 is 23.8 Å². The van der Waals surface area contributed by atoms with E-state index < -0.39 is 17.6 Å². The molecule has 0 bridgehead atoms. The summed E-state index contributed by atoms with van der Waals surface area (Å²) in [5.74, 6) is -0.575. The molecule has 0 radical (unpaired) electrons. The number of nitrogens with one attached hydrogen (secondary N) is 1. The van der Waals surface area contributed by atoms with Crippen LogP contribution < -0.4 is 5.32 Å². The summed E-state index contributed by atoms with van der Waals surface area (Å²) in [5, 5.41) is 2.99. The summed E-state index contributed by atoms with van der Waals surface area (Å²) in [7, 11) is 0. The Morgan fingerprint density at radius 3 is 1.95 bits per heavy atom. The van der Waals surface area contributed by atoms with Gasteiger partial charge in [0.1, 0.15) is 4.99 Å². The number of amides is 1. The lowest BCUT2D eigenvalue weighted by Gasteiger charge is -2.09. The molecule has 1 amide bonds. The van der Waals surface area contributed by atoms with Crippen molar-refractivity contribution in [3.8, 4) is 0 Å². The fourth-order valence-electron chi connectivity index (χ4n) is 1.66. The Balaban J connectivity index is 2.09. The third kappa shape index (κ3) is 4.05. The first-order valence-corrected chi connectivity index (χ1v) is 6.84. The number of benzene rings is 2. The molecule has 0 saturated carbocycles. The van der Waals surface area contributed by atoms with Gasteiger partial charge in [-0.15, -0.1) is 0 Å². The fourth-order valence-corrected chi connectivity index (χ4v) is 2.01. The predicted molar refractivity (Wildman–Crippen MR) is 82.1 cm³/mol. The lowest BCUT2D eigenvalue weighted by Crippen LogP contribution is -2.29. The summed E-state index contributed by atoms with van der Waals surface area (Å²) in [6.07, 6.45) is -4.44. The minimum atomic E-state index is -4.44. The van der Waals surface area contributed by atoms with Crippen molar-refractivity contribution < 1.29 is 18.0 Å². The maximum Gasteiger partial charge on any atom is 0.416 e. The minimum absolute atomic E-state index is 0.0873. The number of alkyl halides is 3. The summed E-state index contributed by atoms with van der Waals surface area (Å²) in [6.45, 7) is 0. The van der Waals surface area contributed by atoms with Crippen molar-refractivity contribution in [1.82, 2.24) is 5.32 Å². The number of hydrogen-bond acceptors (Lipinski definition) is 2. The van der Waals surface area contributed by atoms with E-state index in [2.05, 4.69) is 5.32 Å². The molecule has 1 N–H and O–H groups in total. The Labute approximate surface area is 134 Å². The standard InChI is InChI=1S/C15H9ClF3NOS/c16-12-7-3-10(4-8-12)14(22)20-13(21)9-1-5-11(6-2-9)15(17,18)19/h1-8H,(H,20,21,22). The van der Waals surface area contributed by atoms with Crippen LogP contribution in [0.1, 0.15) is 21.5 Å². The van der Waals surface area contributed by atoms with Gasteiger partial charge >= 0.3 is 6.18 Å². The highest BCUT2D eigenvalue weighted by Gasteiger charge is 2.30. The maximum atomic E-state index is 12.5. The van der Waals surface area contributed by atoms with Gasteiger partial charge in [0.2, 0.25) is 0 Å². The Bertz CT molecular complexity index is 696. The van der Waals surface area contributed by atoms with Gasteiger partial charge in [-0.05, 0) is 36.4 Å². The summed E-state index contributed by atoms with van der Waals surface area (Å²) in [5.41, 5.74) is -0.145. The molecule has 2 nitrogen and oxygen atoms in total. The number of hydrogen-bond donors (Lipinski definition) is 1. The maximum absolute atomic E-state index is 12.5. The third-order valence-corrected chi connectivity index (χ3v) is 3.40. The topological polar surface area (TPSA) is 29.1 Å². The van der Waals surface area contributed by atoms with Gasteiger partial charge < -0.3 is 5.32 Å². The van der Waals surface area contributed by atoms with Crippen LogP contribution in [0.25, 0.3) is 0 Å². The Kier molecular flexibility index (Phi) is 4.83. The molecule has 0 aromatic heterocycles. The molecular formula is C15H9ClF3NOS. The van der Waals surface area contributed by atoms with E-state index >= 15 is 0 Å². The van der Waals surface area contributed by atoms with E-state index in [1.54, 1.807) is 24.3 Å². The summed E-state index contributed by atoms with van der Waals surface area (Å²) < 4.78 is 37.4. The normalized spacial score (nSPS) is 11.1. The van der Waals surface area contributed by atoms with Gasteiger partial charge in [0.25, 0.3) is 5.91 Å². The highest BCUT2D eigenvalue weighted by atomic mass is 35.5. The van der Waals surface area contributed by atoms with Crippen molar-refractivity contribution in [3.63, 3.8) is 0 Å². The first-order chi connectivity index (χ1) is 10.3. The Morgan fingerprint density at radius 2 is 1.45 bits per heavy atom. The van der Waals surface area contributed by atoms with Gasteiger partial charge in [-0.3, -0.25) is 4.79 Å². The molecule has 0 heterocycles. The van der Waals surface area contributed by atoms with E-state index in [1.807, 2.05) is 0 Å². The van der Waals surface area contributed by atoms with Crippen molar-refractivity contribution >= 4 is 34.7 Å². The summed E-state index contributed by atoms with van der Waals surface area (Å²) in [4.78, 5) is 12.1. The van der Waals surface area contributed by atoms with E-state index in [9.17, 15) is 18.0 Å². The largest absolute Gasteiger partial charge is 0.416 e. The average Bonchev–Trinajstić information content (AvgIpc) is 2.47. The van der Waals surface area contributed by atoms with Gasteiger partial charge in [-0.1, -0.05) is 36.0 Å². The third-order valence-electron chi connectivity index (χ3n) is 2.81. The molecular weight excluding hydrogens is 335 g/mol. The van der Waals surface area contributed by atoms with Crippen molar-refractivity contribution in [2.24, 2.45) is 0 Å². The van der Waals surface area contributed by atoms with Crippen LogP contribution in [0.15, 0.2) is 48.5 Å². The van der Waals surface area contributed by atoms with Crippen LogP contribution in [-0.2, 0) is 6.18 Å². The van der Waals surface area contributed by atoms with Gasteiger partial charge in [-0.2, -0.15) is 13.2 Å². The van der Waals surface area contributed by atoms with Gasteiger partial charge in [0.05, 0.1) is 5.56 Å². The number of thiocarbonyl (C=S) groups is 1. The molecule has 0 saturated heterocycles. The first kappa shape index (κ1) is 16.5. The zero-order chi connectivity index (χ0) is 16.3. The predicted octanol–water partition coefficient (Wildman–Crippen LogP) is 4.46. The summed E-state index contributed by atoms with van der Waals surface area (Å²) in [6, 6.07) is 10.4. The zero-order valence-electron chi connectivity index (χ0n) is 10.9. The molecule has 2 aromatic carbocycles. The smallest absolute Gasteiger partial charge is 0.312 e. The number of halogens is 4. The molecule has 114 valence electrons. The molecule has 22 heavy (non-hydrogen) atoms. The van der Waals surface area contributed by atoms with Gasteiger partial charge in [0, 0.05) is 16.1 Å². The van der Waals surface area contributed by atoms with E-state index in [4.69, 9.17) is 23.8 Å². The zero-order valence-corrected chi connectivity index (χ0v) is 12.5. The number of carbonyl (C=O) groups is 1. The second-order valence-electron chi connectivity index (χ2n) is 4.37. The molecule has 0 aliphatic heterocycles. The quantitative estimate of drug-likeness (QED) is 0.815. The van der Waals surface area contributed by atoms with Crippen molar-refractivity contribution in [3.05, 3.63) is 70.2 Å². The van der Waals surface area contributed by atoms with E-state index in [-0.39, 0.29) is 10.6 Å². The molecule has 2 rings (SSSR count). The SMILES string of the molecule is O=C(NC(=S)c1ccc(Cl)cc1)c1ccc(C(F)(F)F)cc1. The average molecular weight is 344 g/mol. The number of rotatable bonds is 2. The van der Waals surface area contributed by atoms with Crippen LogP contribution in [0, 0.1) is 0 Å². The molecule has 0 aliphatic rings. The van der Waals surface area contributed by atoms with Crippen molar-refractivity contribution in [1.29, 1.82) is 0 Å². The van der Waals surface area contributed by atoms with Crippen LogP contribution in [-0.4, -0.2) is 10.9 Å². The van der Waals surface area contributed by atoms with Crippen molar-refractivity contribution in [2.45, 2.75) is 6.18 Å². The van der Waals surface area contributed by atoms with Crippen LogP contribution in [0.2, 0.25) is 5.02 Å². The van der Waals surface area contributed by atoms with Gasteiger partial charge in [-0.25, -0.2) is 0 Å². The molecule has 2 aromatic rings. The molecule has 0 unspecified atom stereocenters. The second kappa shape index (κ2) is 6.46. The highest BCUT2D eigenvalue weighted by molar-refractivity contribution is 7.80. The molecule has 7 heteroatoms. The monoisotopic (exact) mass is 343 g/mol. The fraction of sp³-hybridized carbons (Fsp3) is 0.0667. The molecule has 0 spiro atoms. The second-order valence-corrected chi connectivity index (χ2v) is 5.21. The Hall–Kier alpha value is -1.92. The Morgan fingerprint density at radius 1 is 0.955 bits per heavy atom. The lowest BCUT2D eigenvalue weighted by molar-refractivity contribution is -0.137. The van der Waals surface area contributed by atoms with E-state index in [1.165, 1.54) is 0 Å². The van der Waals surface area contributed by atoms with Crippen LogP contribution in [0.3, 0.4) is 0 Å².